The van der Waals surface area contributed by atoms with Crippen molar-refractivity contribution in [1.82, 2.24) is 19.4 Å². The van der Waals surface area contributed by atoms with Crippen LogP contribution in [0.3, 0.4) is 0 Å². The average Bonchev–Trinajstić information content (AvgIpc) is 3.00. The monoisotopic (exact) mass is 391 g/mol. The molecule has 27 heavy (non-hydrogen) atoms. The molecule has 0 saturated carbocycles. The zero-order valence-corrected chi connectivity index (χ0v) is 15.1. The van der Waals surface area contributed by atoms with Crippen molar-refractivity contribution in [1.29, 1.82) is 0 Å². The van der Waals surface area contributed by atoms with Crippen LogP contribution in [-0.4, -0.2) is 45.5 Å². The SMILES string of the molecule is CN1C=CN2C=CC(n3c(=O)nc(NCC(F)F)c4ccc(Cl)cc43)=CC12. The number of aromatic nitrogens is 2. The Hall–Kier alpha value is -2.87. The van der Waals surface area contributed by atoms with Gasteiger partial charge in [-0.1, -0.05) is 11.6 Å². The van der Waals surface area contributed by atoms with Crippen molar-refractivity contribution in [2.24, 2.45) is 0 Å². The summed E-state index contributed by atoms with van der Waals surface area (Å²) in [7, 11) is 1.93. The van der Waals surface area contributed by atoms with Crippen LogP contribution < -0.4 is 11.0 Å². The van der Waals surface area contributed by atoms with Gasteiger partial charge >= 0.3 is 5.69 Å². The molecule has 140 valence electrons. The van der Waals surface area contributed by atoms with Gasteiger partial charge in [-0.25, -0.2) is 13.6 Å². The van der Waals surface area contributed by atoms with E-state index < -0.39 is 18.7 Å². The van der Waals surface area contributed by atoms with Crippen molar-refractivity contribution in [2.45, 2.75) is 12.6 Å². The Morgan fingerprint density at radius 2 is 2.11 bits per heavy atom. The van der Waals surface area contributed by atoms with Gasteiger partial charge in [0.05, 0.1) is 17.8 Å². The van der Waals surface area contributed by atoms with Crippen molar-refractivity contribution in [2.75, 3.05) is 18.9 Å². The molecule has 1 atom stereocenters. The number of hydrogen-bond donors (Lipinski definition) is 1. The number of rotatable bonds is 4. The Kier molecular flexibility index (Phi) is 4.35. The summed E-state index contributed by atoms with van der Waals surface area (Å²) in [5, 5.41) is 3.51. The molecule has 0 amide bonds. The van der Waals surface area contributed by atoms with Crippen molar-refractivity contribution in [3.8, 4) is 0 Å². The lowest BCUT2D eigenvalue weighted by Gasteiger charge is -2.29. The Bertz CT molecular complexity index is 1050. The highest BCUT2D eigenvalue weighted by molar-refractivity contribution is 6.31. The van der Waals surface area contributed by atoms with E-state index in [1.54, 1.807) is 24.3 Å². The number of likely N-dealkylation sites (N-methyl/N-ethyl adjacent to an activating group) is 1. The quantitative estimate of drug-likeness (QED) is 0.867. The molecule has 2 aliphatic rings. The predicted octanol–water partition coefficient (Wildman–Crippen LogP) is 3.14. The van der Waals surface area contributed by atoms with Gasteiger partial charge in [0.15, 0.2) is 0 Å². The molecule has 2 aromatic rings. The first kappa shape index (κ1) is 17.5. The van der Waals surface area contributed by atoms with Gasteiger partial charge in [0.25, 0.3) is 6.43 Å². The van der Waals surface area contributed by atoms with Crippen LogP contribution in [0.4, 0.5) is 14.6 Å². The zero-order valence-electron chi connectivity index (χ0n) is 14.3. The molecule has 0 spiro atoms. The van der Waals surface area contributed by atoms with Crippen molar-refractivity contribution < 1.29 is 8.78 Å². The molecule has 6 nitrogen and oxygen atoms in total. The number of anilines is 1. The second-order valence-corrected chi connectivity index (χ2v) is 6.68. The third kappa shape index (κ3) is 3.16. The van der Waals surface area contributed by atoms with Crippen LogP contribution in [0.1, 0.15) is 0 Å². The summed E-state index contributed by atoms with van der Waals surface area (Å²) in [4.78, 5) is 20.7. The van der Waals surface area contributed by atoms with Gasteiger partial charge in [0.1, 0.15) is 12.0 Å². The Balaban J connectivity index is 1.86. The molecule has 0 radical (unpaired) electrons. The van der Waals surface area contributed by atoms with E-state index in [9.17, 15) is 13.6 Å². The maximum atomic E-state index is 12.7. The Morgan fingerprint density at radius 1 is 1.30 bits per heavy atom. The van der Waals surface area contributed by atoms with Crippen molar-refractivity contribution in [3.05, 3.63) is 64.5 Å². The second kappa shape index (κ2) is 6.70. The molecule has 0 bridgehead atoms. The van der Waals surface area contributed by atoms with E-state index in [0.717, 1.165) is 0 Å². The van der Waals surface area contributed by atoms with Crippen LogP contribution >= 0.6 is 11.6 Å². The largest absolute Gasteiger partial charge is 0.364 e. The van der Waals surface area contributed by atoms with E-state index in [-0.39, 0.29) is 12.0 Å². The van der Waals surface area contributed by atoms with Crippen LogP contribution in [0, 0.1) is 0 Å². The van der Waals surface area contributed by atoms with Gasteiger partial charge in [0, 0.05) is 36.1 Å². The van der Waals surface area contributed by atoms with Crippen molar-refractivity contribution >= 4 is 34.0 Å². The normalized spacial score (nSPS) is 18.4. The minimum Gasteiger partial charge on any atom is -0.364 e. The van der Waals surface area contributed by atoms with Crippen molar-refractivity contribution in [3.63, 3.8) is 0 Å². The van der Waals surface area contributed by atoms with Gasteiger partial charge in [0.2, 0.25) is 0 Å². The topological polar surface area (TPSA) is 53.4 Å². The molecule has 0 saturated heterocycles. The number of benzene rings is 1. The Morgan fingerprint density at radius 3 is 2.89 bits per heavy atom. The van der Waals surface area contributed by atoms with E-state index in [4.69, 9.17) is 11.6 Å². The number of nitrogens with one attached hydrogen (secondary N) is 1. The van der Waals surface area contributed by atoms with Gasteiger partial charge < -0.3 is 15.1 Å². The summed E-state index contributed by atoms with van der Waals surface area (Å²) in [6.45, 7) is -0.593. The minimum absolute atomic E-state index is 0.0530. The Labute approximate surface area is 158 Å². The average molecular weight is 392 g/mol. The maximum Gasteiger partial charge on any atom is 0.354 e. The van der Waals surface area contributed by atoms with E-state index in [2.05, 4.69) is 10.3 Å². The molecule has 1 N–H and O–H groups in total. The highest BCUT2D eigenvalue weighted by Gasteiger charge is 2.24. The summed E-state index contributed by atoms with van der Waals surface area (Å²) in [6, 6.07) is 4.93. The van der Waals surface area contributed by atoms with E-state index in [1.807, 2.05) is 41.5 Å². The lowest BCUT2D eigenvalue weighted by atomic mass is 10.2. The van der Waals surface area contributed by atoms with E-state index in [1.165, 1.54) is 4.57 Å². The first-order chi connectivity index (χ1) is 12.9. The summed E-state index contributed by atoms with van der Waals surface area (Å²) >= 11 is 6.13. The fourth-order valence-corrected chi connectivity index (χ4v) is 3.35. The van der Waals surface area contributed by atoms with E-state index >= 15 is 0 Å². The van der Waals surface area contributed by atoms with Gasteiger partial charge in [-0.15, -0.1) is 0 Å². The highest BCUT2D eigenvalue weighted by atomic mass is 35.5. The molecule has 1 unspecified atom stereocenters. The summed E-state index contributed by atoms with van der Waals surface area (Å²) in [5.74, 6) is 0.116. The van der Waals surface area contributed by atoms with Crippen LogP contribution in [-0.2, 0) is 0 Å². The lowest BCUT2D eigenvalue weighted by molar-refractivity contribution is 0.163. The van der Waals surface area contributed by atoms with E-state index in [0.29, 0.717) is 21.6 Å². The minimum atomic E-state index is -2.56. The molecular weight excluding hydrogens is 376 g/mol. The lowest BCUT2D eigenvalue weighted by Crippen LogP contribution is -2.35. The molecular formula is C18H16ClF2N5O. The van der Waals surface area contributed by atoms with Gasteiger partial charge in [-0.05, 0) is 30.4 Å². The molecule has 3 heterocycles. The molecule has 1 aromatic carbocycles. The fraction of sp³-hybridized carbons (Fsp3) is 0.222. The molecule has 9 heteroatoms. The first-order valence-corrected chi connectivity index (χ1v) is 8.64. The molecule has 4 rings (SSSR count). The van der Waals surface area contributed by atoms with Gasteiger partial charge in [-0.3, -0.25) is 4.57 Å². The smallest absolute Gasteiger partial charge is 0.354 e. The molecule has 2 aliphatic heterocycles. The van der Waals surface area contributed by atoms with Crippen LogP contribution in [0.15, 0.2) is 53.7 Å². The summed E-state index contributed by atoms with van der Waals surface area (Å²) in [5.41, 5.74) is 0.564. The summed E-state index contributed by atoms with van der Waals surface area (Å²) < 4.78 is 26.6. The first-order valence-electron chi connectivity index (χ1n) is 8.26. The fourth-order valence-electron chi connectivity index (χ4n) is 3.19. The standard InChI is InChI=1S/C18H16ClF2N5O/c1-24-6-7-25-5-4-12(9-16(24)25)26-14-8-11(19)2-3-13(14)17(23-18(26)27)22-10-15(20)21/h2-9,15-16H,10H2,1H3,(H,22,23,27). The second-order valence-electron chi connectivity index (χ2n) is 6.24. The zero-order chi connectivity index (χ0) is 19.1. The predicted molar refractivity (Wildman–Crippen MR) is 101 cm³/mol. The highest BCUT2D eigenvalue weighted by Crippen LogP contribution is 2.28. The third-order valence-corrected chi connectivity index (χ3v) is 4.71. The number of alkyl halides is 2. The van der Waals surface area contributed by atoms with Crippen LogP contribution in [0.5, 0.6) is 0 Å². The molecule has 0 aliphatic carbocycles. The maximum absolute atomic E-state index is 12.7. The van der Waals surface area contributed by atoms with Crippen LogP contribution in [0.2, 0.25) is 5.02 Å². The number of nitrogens with zero attached hydrogens (tertiary/aromatic N) is 4. The summed E-state index contributed by atoms with van der Waals surface area (Å²) in [6.07, 6.45) is 6.85. The number of fused-ring (bicyclic) bond motifs is 2. The number of hydrogen-bond acceptors (Lipinski definition) is 5. The molecule has 0 fully saturated rings. The third-order valence-electron chi connectivity index (χ3n) is 4.47. The number of halogens is 3. The van der Waals surface area contributed by atoms with Crippen LogP contribution in [0.25, 0.3) is 16.6 Å². The van der Waals surface area contributed by atoms with Gasteiger partial charge in [-0.2, -0.15) is 4.98 Å². The number of allylic oxidation sites excluding steroid dienone is 2. The molecule has 1 aromatic heterocycles.